The van der Waals surface area contributed by atoms with E-state index in [4.69, 9.17) is 4.74 Å². The minimum Gasteiger partial charge on any atom is -0.464 e. The van der Waals surface area contributed by atoms with E-state index < -0.39 is 0 Å². The lowest BCUT2D eigenvalue weighted by Crippen LogP contribution is -2.02. The number of nitrogens with zero attached hydrogens (tertiary/aromatic N) is 1. The summed E-state index contributed by atoms with van der Waals surface area (Å²) in [5.41, 5.74) is 2.39. The number of aliphatic imine (C=N–C) groups is 1. The molecule has 0 aliphatic heterocycles. The summed E-state index contributed by atoms with van der Waals surface area (Å²) in [6.07, 6.45) is 9.73. The van der Waals surface area contributed by atoms with Gasteiger partial charge in [0.1, 0.15) is 6.61 Å². The smallest absolute Gasteiger partial charge is 0.302 e. The van der Waals surface area contributed by atoms with Gasteiger partial charge in [-0.25, -0.2) is 0 Å². The van der Waals surface area contributed by atoms with Gasteiger partial charge >= 0.3 is 5.97 Å². The third-order valence-corrected chi connectivity index (χ3v) is 1.76. The van der Waals surface area contributed by atoms with E-state index in [1.54, 1.807) is 6.21 Å². The monoisotopic (exact) mass is 235 g/mol. The standard InChI is InChI=1S/C14H21NO2/c1-12(2)6-5-7-13(3)8-9-15-10-11-17-14(4)16/h5-9H,10-11H2,1-4H3. The molecule has 0 aliphatic rings. The Morgan fingerprint density at radius 1 is 1.18 bits per heavy atom. The second kappa shape index (κ2) is 9.58. The van der Waals surface area contributed by atoms with Gasteiger partial charge in [0.25, 0.3) is 0 Å². The molecule has 0 unspecified atom stereocenters. The Bertz CT molecular complexity index is 345. The van der Waals surface area contributed by atoms with Gasteiger partial charge in [0, 0.05) is 13.1 Å². The number of hydrogen-bond acceptors (Lipinski definition) is 3. The molecular formula is C14H21NO2. The van der Waals surface area contributed by atoms with Gasteiger partial charge in [0.15, 0.2) is 0 Å². The Morgan fingerprint density at radius 3 is 2.47 bits per heavy atom. The van der Waals surface area contributed by atoms with Gasteiger partial charge in [-0.1, -0.05) is 23.8 Å². The molecule has 0 radical (unpaired) electrons. The fraction of sp³-hybridized carbons (Fsp3) is 0.429. The number of allylic oxidation sites excluding steroid dienone is 6. The van der Waals surface area contributed by atoms with Gasteiger partial charge in [0.05, 0.1) is 6.54 Å². The minimum atomic E-state index is -0.267. The van der Waals surface area contributed by atoms with Gasteiger partial charge in [-0.2, -0.15) is 0 Å². The predicted molar refractivity (Wildman–Crippen MR) is 72.3 cm³/mol. The summed E-state index contributed by atoms with van der Waals surface area (Å²) in [6.45, 7) is 8.35. The molecule has 0 spiro atoms. The lowest BCUT2D eigenvalue weighted by Gasteiger charge is -1.95. The molecule has 3 heteroatoms. The van der Waals surface area contributed by atoms with Crippen LogP contribution >= 0.6 is 0 Å². The molecule has 0 aromatic rings. The molecule has 0 aromatic carbocycles. The zero-order chi connectivity index (χ0) is 13.1. The van der Waals surface area contributed by atoms with Crippen molar-refractivity contribution in [3.63, 3.8) is 0 Å². The Morgan fingerprint density at radius 2 is 1.88 bits per heavy atom. The Labute approximate surface area is 104 Å². The fourth-order valence-corrected chi connectivity index (χ4v) is 0.935. The molecule has 0 heterocycles. The molecule has 0 atom stereocenters. The highest BCUT2D eigenvalue weighted by molar-refractivity contribution is 5.72. The Balaban J connectivity index is 3.90. The molecule has 3 nitrogen and oxygen atoms in total. The number of esters is 1. The summed E-state index contributed by atoms with van der Waals surface area (Å²) < 4.78 is 4.75. The second-order valence-corrected chi connectivity index (χ2v) is 3.91. The molecule has 0 fully saturated rings. The van der Waals surface area contributed by atoms with Crippen LogP contribution < -0.4 is 0 Å². The molecule has 17 heavy (non-hydrogen) atoms. The van der Waals surface area contributed by atoms with Gasteiger partial charge < -0.3 is 4.74 Å². The number of ether oxygens (including phenoxy) is 1. The van der Waals surface area contributed by atoms with Crippen LogP contribution in [0, 0.1) is 0 Å². The van der Waals surface area contributed by atoms with E-state index in [0.29, 0.717) is 13.2 Å². The molecule has 0 saturated heterocycles. The van der Waals surface area contributed by atoms with E-state index in [0.717, 1.165) is 5.57 Å². The van der Waals surface area contributed by atoms with Crippen LogP contribution in [0.1, 0.15) is 27.7 Å². The highest BCUT2D eigenvalue weighted by Gasteiger charge is 1.88. The summed E-state index contributed by atoms with van der Waals surface area (Å²) in [6, 6.07) is 0. The van der Waals surface area contributed by atoms with E-state index in [1.807, 2.05) is 25.2 Å². The molecule has 94 valence electrons. The zero-order valence-corrected chi connectivity index (χ0v) is 11.1. The first kappa shape index (κ1) is 15.4. The highest BCUT2D eigenvalue weighted by atomic mass is 16.5. The number of rotatable bonds is 6. The molecule has 0 rings (SSSR count). The van der Waals surface area contributed by atoms with Crippen LogP contribution in [0.5, 0.6) is 0 Å². The number of hydrogen-bond donors (Lipinski definition) is 0. The van der Waals surface area contributed by atoms with Crippen molar-refractivity contribution in [3.8, 4) is 0 Å². The van der Waals surface area contributed by atoms with Crippen LogP contribution in [0.15, 0.2) is 40.4 Å². The van der Waals surface area contributed by atoms with Crippen molar-refractivity contribution >= 4 is 12.2 Å². The van der Waals surface area contributed by atoms with Crippen LogP contribution in [0.2, 0.25) is 0 Å². The van der Waals surface area contributed by atoms with E-state index >= 15 is 0 Å². The second-order valence-electron chi connectivity index (χ2n) is 3.91. The zero-order valence-electron chi connectivity index (χ0n) is 11.1. The summed E-state index contributed by atoms with van der Waals surface area (Å²) >= 11 is 0. The van der Waals surface area contributed by atoms with Gasteiger partial charge in [-0.3, -0.25) is 9.79 Å². The average Bonchev–Trinajstić information content (AvgIpc) is 2.22. The maximum absolute atomic E-state index is 10.5. The lowest BCUT2D eigenvalue weighted by atomic mass is 10.2. The lowest BCUT2D eigenvalue weighted by molar-refractivity contribution is -0.140. The highest BCUT2D eigenvalue weighted by Crippen LogP contribution is 1.96. The van der Waals surface area contributed by atoms with Crippen LogP contribution in [0.25, 0.3) is 0 Å². The van der Waals surface area contributed by atoms with Crippen molar-refractivity contribution in [1.29, 1.82) is 0 Å². The van der Waals surface area contributed by atoms with Crippen molar-refractivity contribution < 1.29 is 9.53 Å². The third kappa shape index (κ3) is 12.3. The molecule has 0 aliphatic carbocycles. The third-order valence-electron chi connectivity index (χ3n) is 1.76. The average molecular weight is 235 g/mol. The number of carbonyl (C=O) groups excluding carboxylic acids is 1. The van der Waals surface area contributed by atoms with Crippen molar-refractivity contribution in [2.24, 2.45) is 4.99 Å². The fourth-order valence-electron chi connectivity index (χ4n) is 0.935. The van der Waals surface area contributed by atoms with Gasteiger partial charge in [-0.15, -0.1) is 0 Å². The molecule has 0 bridgehead atoms. The predicted octanol–water partition coefficient (Wildman–Crippen LogP) is 3.09. The summed E-state index contributed by atoms with van der Waals surface area (Å²) in [5.74, 6) is -0.267. The van der Waals surface area contributed by atoms with E-state index in [9.17, 15) is 4.79 Å². The van der Waals surface area contributed by atoms with Crippen LogP contribution in [-0.4, -0.2) is 25.3 Å². The maximum atomic E-state index is 10.5. The molecule has 0 amide bonds. The van der Waals surface area contributed by atoms with Gasteiger partial charge in [-0.05, 0) is 32.4 Å². The summed E-state index contributed by atoms with van der Waals surface area (Å²) in [5, 5.41) is 0. The normalized spacial score (nSPS) is 12.1. The first-order chi connectivity index (χ1) is 8.02. The van der Waals surface area contributed by atoms with Crippen molar-refractivity contribution in [2.45, 2.75) is 27.7 Å². The largest absolute Gasteiger partial charge is 0.464 e. The Hall–Kier alpha value is -1.64. The molecule has 0 saturated carbocycles. The van der Waals surface area contributed by atoms with Crippen LogP contribution in [-0.2, 0) is 9.53 Å². The molecule has 0 aromatic heterocycles. The first-order valence-corrected chi connectivity index (χ1v) is 5.64. The maximum Gasteiger partial charge on any atom is 0.302 e. The molecular weight excluding hydrogens is 214 g/mol. The summed E-state index contributed by atoms with van der Waals surface area (Å²) in [7, 11) is 0. The van der Waals surface area contributed by atoms with E-state index in [1.165, 1.54) is 12.5 Å². The van der Waals surface area contributed by atoms with E-state index in [2.05, 4.69) is 24.9 Å². The van der Waals surface area contributed by atoms with Crippen molar-refractivity contribution in [2.75, 3.05) is 13.2 Å². The number of carbonyl (C=O) groups is 1. The van der Waals surface area contributed by atoms with Gasteiger partial charge in [0.2, 0.25) is 0 Å². The van der Waals surface area contributed by atoms with Crippen LogP contribution in [0.3, 0.4) is 0 Å². The van der Waals surface area contributed by atoms with E-state index in [-0.39, 0.29) is 5.97 Å². The SMILES string of the molecule is CC(=O)OCCN=CC=C(C)C=CC=C(C)C. The quantitative estimate of drug-likeness (QED) is 0.307. The Kier molecular flexibility index (Phi) is 8.65. The molecule has 0 N–H and O–H groups in total. The first-order valence-electron chi connectivity index (χ1n) is 5.64. The summed E-state index contributed by atoms with van der Waals surface area (Å²) in [4.78, 5) is 14.6. The topological polar surface area (TPSA) is 38.7 Å². The van der Waals surface area contributed by atoms with Crippen molar-refractivity contribution in [1.82, 2.24) is 0 Å². The van der Waals surface area contributed by atoms with Crippen molar-refractivity contribution in [3.05, 3.63) is 35.5 Å². The minimum absolute atomic E-state index is 0.267. The van der Waals surface area contributed by atoms with Crippen LogP contribution in [0.4, 0.5) is 0 Å².